The Labute approximate surface area is 139 Å². The van der Waals surface area contributed by atoms with Crippen LogP contribution in [0.15, 0.2) is 0 Å². The largest absolute Gasteiger partial charge is 0.395 e. The molecule has 21 heavy (non-hydrogen) atoms. The number of rotatable bonds is 11. The van der Waals surface area contributed by atoms with E-state index in [4.69, 9.17) is 0 Å². The van der Waals surface area contributed by atoms with E-state index in [9.17, 15) is 5.11 Å². The van der Waals surface area contributed by atoms with Crippen molar-refractivity contribution in [2.24, 2.45) is 5.92 Å². The molecule has 126 valence electrons. The Bertz CT molecular complexity index is 271. The first kappa shape index (κ1) is 19.6. The van der Waals surface area contributed by atoms with Crippen LogP contribution in [0.25, 0.3) is 0 Å². The highest BCUT2D eigenvalue weighted by Gasteiger charge is 2.26. The van der Waals surface area contributed by atoms with Gasteiger partial charge in [0, 0.05) is 23.4 Å². The second-order valence-electron chi connectivity index (χ2n) is 5.86. The smallest absolute Gasteiger partial charge is 0.111 e. The molecule has 3 atom stereocenters. The number of aliphatic hydroxyl groups is 1. The molecule has 1 rings (SSSR count). The van der Waals surface area contributed by atoms with Crippen molar-refractivity contribution in [1.82, 2.24) is 15.1 Å². The van der Waals surface area contributed by atoms with Crippen LogP contribution >= 0.6 is 23.5 Å². The predicted octanol–water partition coefficient (Wildman–Crippen LogP) is 2.31. The maximum atomic E-state index is 9.46. The van der Waals surface area contributed by atoms with Crippen LogP contribution in [0.3, 0.4) is 0 Å². The van der Waals surface area contributed by atoms with Crippen LogP contribution in [-0.4, -0.2) is 70.7 Å². The van der Waals surface area contributed by atoms with Crippen LogP contribution in [0, 0.1) is 5.92 Å². The first-order valence-electron chi connectivity index (χ1n) is 8.11. The van der Waals surface area contributed by atoms with Gasteiger partial charge < -0.3 is 5.11 Å². The monoisotopic (exact) mass is 335 g/mol. The van der Waals surface area contributed by atoms with Gasteiger partial charge in [0.15, 0.2) is 0 Å². The summed E-state index contributed by atoms with van der Waals surface area (Å²) >= 11 is 3.88. The van der Waals surface area contributed by atoms with E-state index >= 15 is 0 Å². The van der Waals surface area contributed by atoms with Gasteiger partial charge in [0.1, 0.15) is 5.50 Å². The Morgan fingerprint density at radius 1 is 1.48 bits per heavy atom. The molecule has 0 aromatic carbocycles. The van der Waals surface area contributed by atoms with Gasteiger partial charge in [-0.25, -0.2) is 0 Å². The molecule has 1 heterocycles. The molecule has 0 radical (unpaired) electrons. The zero-order valence-electron chi connectivity index (χ0n) is 14.0. The molecular formula is C15H33N3OS2. The van der Waals surface area contributed by atoms with Crippen LogP contribution in [0.2, 0.25) is 0 Å². The third-order valence-electron chi connectivity index (χ3n) is 4.11. The Hall–Kier alpha value is 0.540. The maximum absolute atomic E-state index is 9.46. The molecule has 0 saturated carbocycles. The van der Waals surface area contributed by atoms with Crippen LogP contribution in [0.5, 0.6) is 0 Å². The fourth-order valence-corrected chi connectivity index (χ4v) is 4.86. The molecule has 3 unspecified atom stereocenters. The third-order valence-corrected chi connectivity index (χ3v) is 6.67. The van der Waals surface area contributed by atoms with Gasteiger partial charge in [0.05, 0.1) is 13.3 Å². The summed E-state index contributed by atoms with van der Waals surface area (Å²) in [6.07, 6.45) is 2.30. The van der Waals surface area contributed by atoms with Gasteiger partial charge in [0.2, 0.25) is 0 Å². The molecule has 1 aliphatic heterocycles. The lowest BCUT2D eigenvalue weighted by molar-refractivity contribution is 0.141. The molecule has 1 fully saturated rings. The summed E-state index contributed by atoms with van der Waals surface area (Å²) in [5, 5.41) is 13.4. The number of hydrogen-bond donors (Lipinski definition) is 2. The molecule has 1 aliphatic rings. The van der Waals surface area contributed by atoms with Crippen LogP contribution < -0.4 is 5.32 Å². The van der Waals surface area contributed by atoms with Gasteiger partial charge in [-0.2, -0.15) is 0 Å². The average Bonchev–Trinajstić information content (AvgIpc) is 2.91. The van der Waals surface area contributed by atoms with Crippen LogP contribution in [-0.2, 0) is 0 Å². The molecule has 0 spiro atoms. The minimum absolute atomic E-state index is 0.287. The summed E-state index contributed by atoms with van der Waals surface area (Å²) < 4.78 is 0. The predicted molar refractivity (Wildman–Crippen MR) is 96.7 cm³/mol. The first-order valence-corrected chi connectivity index (χ1v) is 10.2. The highest BCUT2D eigenvalue weighted by molar-refractivity contribution is 8.00. The minimum Gasteiger partial charge on any atom is -0.395 e. The summed E-state index contributed by atoms with van der Waals surface area (Å²) in [6, 6.07) is 0. The van der Waals surface area contributed by atoms with E-state index in [0.717, 1.165) is 25.5 Å². The van der Waals surface area contributed by atoms with Crippen molar-refractivity contribution in [3.05, 3.63) is 0 Å². The van der Waals surface area contributed by atoms with Gasteiger partial charge >= 0.3 is 0 Å². The van der Waals surface area contributed by atoms with Crippen LogP contribution in [0.4, 0.5) is 0 Å². The standard InChI is InChI=1S/C15H33N3OS2/c1-5-13(3)9-14(10-19)21-12-16-11-18(6-2)15-17(4)7-8-20-15/h13-16,19H,5-12H2,1-4H3. The highest BCUT2D eigenvalue weighted by atomic mass is 32.2. The maximum Gasteiger partial charge on any atom is 0.111 e. The summed E-state index contributed by atoms with van der Waals surface area (Å²) in [4.78, 5) is 4.89. The second kappa shape index (κ2) is 11.1. The van der Waals surface area contributed by atoms with Gasteiger partial charge in [-0.3, -0.25) is 15.1 Å². The van der Waals surface area contributed by atoms with E-state index in [-0.39, 0.29) is 6.61 Å². The average molecular weight is 336 g/mol. The fraction of sp³-hybridized carbons (Fsp3) is 1.00. The van der Waals surface area contributed by atoms with E-state index in [1.54, 1.807) is 0 Å². The van der Waals surface area contributed by atoms with Crippen LogP contribution in [0.1, 0.15) is 33.6 Å². The lowest BCUT2D eigenvalue weighted by Gasteiger charge is -2.31. The van der Waals surface area contributed by atoms with Crippen molar-refractivity contribution in [3.8, 4) is 0 Å². The molecular weight excluding hydrogens is 302 g/mol. The first-order chi connectivity index (χ1) is 10.1. The highest BCUT2D eigenvalue weighted by Crippen LogP contribution is 2.25. The summed E-state index contributed by atoms with van der Waals surface area (Å²) in [7, 11) is 2.20. The van der Waals surface area contributed by atoms with E-state index in [1.165, 1.54) is 18.7 Å². The normalized spacial score (nSPS) is 22.9. The molecule has 1 saturated heterocycles. The quantitative estimate of drug-likeness (QED) is 0.446. The molecule has 0 aromatic heterocycles. The van der Waals surface area contributed by atoms with Crippen molar-refractivity contribution in [1.29, 1.82) is 0 Å². The zero-order chi connectivity index (χ0) is 15.7. The van der Waals surface area contributed by atoms with Crippen molar-refractivity contribution < 1.29 is 5.11 Å². The van der Waals surface area contributed by atoms with E-state index in [2.05, 4.69) is 42.9 Å². The zero-order valence-corrected chi connectivity index (χ0v) is 15.7. The van der Waals surface area contributed by atoms with Crippen molar-refractivity contribution in [2.45, 2.75) is 44.4 Å². The van der Waals surface area contributed by atoms with Crippen molar-refractivity contribution >= 4 is 23.5 Å². The number of nitrogens with one attached hydrogen (secondary N) is 1. The summed E-state index contributed by atoms with van der Waals surface area (Å²) in [5.74, 6) is 2.85. The number of nitrogens with zero attached hydrogens (tertiary/aromatic N) is 2. The molecule has 4 nitrogen and oxygen atoms in total. The second-order valence-corrected chi connectivity index (χ2v) is 8.31. The molecule has 0 amide bonds. The van der Waals surface area contributed by atoms with Crippen molar-refractivity contribution in [2.75, 3.05) is 45.0 Å². The number of hydrogen-bond acceptors (Lipinski definition) is 6. The Morgan fingerprint density at radius 3 is 2.76 bits per heavy atom. The van der Waals surface area contributed by atoms with Gasteiger partial charge in [-0.05, 0) is 25.9 Å². The van der Waals surface area contributed by atoms with Gasteiger partial charge in [-0.1, -0.05) is 27.2 Å². The SMILES string of the molecule is CCC(C)CC(CO)SCNCN(CC)C1SCCN1C. The molecule has 2 N–H and O–H groups in total. The number of aliphatic hydroxyl groups excluding tert-OH is 1. The molecule has 6 heteroatoms. The fourth-order valence-electron chi connectivity index (χ4n) is 2.45. The summed E-state index contributed by atoms with van der Waals surface area (Å²) in [6.45, 7) is 10.2. The minimum atomic E-state index is 0.287. The van der Waals surface area contributed by atoms with E-state index in [1.807, 2.05) is 23.5 Å². The van der Waals surface area contributed by atoms with E-state index < -0.39 is 0 Å². The van der Waals surface area contributed by atoms with Crippen molar-refractivity contribution in [3.63, 3.8) is 0 Å². The summed E-state index contributed by atoms with van der Waals surface area (Å²) in [5.41, 5.74) is 0.515. The molecule has 0 bridgehead atoms. The molecule has 0 aliphatic carbocycles. The Balaban J connectivity index is 2.21. The van der Waals surface area contributed by atoms with E-state index in [0.29, 0.717) is 16.7 Å². The van der Waals surface area contributed by atoms with Gasteiger partial charge in [-0.15, -0.1) is 23.5 Å². The Morgan fingerprint density at radius 2 is 2.24 bits per heavy atom. The Kier molecular flexibility index (Phi) is 10.4. The molecule has 0 aromatic rings. The third kappa shape index (κ3) is 7.10. The number of thioether (sulfide) groups is 2. The van der Waals surface area contributed by atoms with Gasteiger partial charge in [0.25, 0.3) is 0 Å². The lowest BCUT2D eigenvalue weighted by atomic mass is 10.0. The lowest BCUT2D eigenvalue weighted by Crippen LogP contribution is -2.45. The topological polar surface area (TPSA) is 38.7 Å².